The minimum Gasteiger partial charge on any atom is -0.399 e. The number of aromatic nitrogens is 1. The van der Waals surface area contributed by atoms with Gasteiger partial charge < -0.3 is 10.3 Å². The lowest BCUT2D eigenvalue weighted by Gasteiger charge is -2.06. The molecule has 0 amide bonds. The highest BCUT2D eigenvalue weighted by atomic mass is 32.1. The molecule has 3 aromatic rings. The first kappa shape index (κ1) is 11.0. The third-order valence-electron chi connectivity index (χ3n) is 2.90. The molecule has 90 valence electrons. The fourth-order valence-electron chi connectivity index (χ4n) is 2.02. The fraction of sp³-hybridized carbons (Fsp3) is 0.0714. The highest BCUT2D eigenvalue weighted by Crippen LogP contribution is 2.16. The van der Waals surface area contributed by atoms with E-state index in [1.54, 1.807) is 15.9 Å². The van der Waals surface area contributed by atoms with Gasteiger partial charge in [-0.05, 0) is 35.2 Å². The molecule has 0 aliphatic carbocycles. The third kappa shape index (κ3) is 1.91. The van der Waals surface area contributed by atoms with E-state index < -0.39 is 0 Å². The van der Waals surface area contributed by atoms with Gasteiger partial charge in [0.15, 0.2) is 0 Å². The Morgan fingerprint density at radius 2 is 2.11 bits per heavy atom. The standard InChI is InChI=1S/C14H12N2OS/c15-11-3-1-2-10(8-11)9-16-6-4-13-12(14(16)17)5-7-18-13/h1-8H,9,15H2. The molecule has 0 fully saturated rings. The van der Waals surface area contributed by atoms with Crippen LogP contribution in [0.4, 0.5) is 5.69 Å². The minimum absolute atomic E-state index is 0.0520. The van der Waals surface area contributed by atoms with E-state index >= 15 is 0 Å². The molecule has 3 rings (SSSR count). The van der Waals surface area contributed by atoms with Crippen molar-refractivity contribution in [1.29, 1.82) is 0 Å². The van der Waals surface area contributed by atoms with Crippen LogP contribution in [0.2, 0.25) is 0 Å². The predicted octanol–water partition coefficient (Wildman–Crippen LogP) is 2.69. The number of rotatable bonds is 2. The Kier molecular flexibility index (Phi) is 2.64. The van der Waals surface area contributed by atoms with E-state index in [9.17, 15) is 4.79 Å². The van der Waals surface area contributed by atoms with Crippen LogP contribution in [-0.4, -0.2) is 4.57 Å². The van der Waals surface area contributed by atoms with Gasteiger partial charge in [-0.2, -0.15) is 0 Å². The van der Waals surface area contributed by atoms with Crippen LogP contribution in [0.25, 0.3) is 10.1 Å². The number of hydrogen-bond donors (Lipinski definition) is 1. The van der Waals surface area contributed by atoms with E-state index in [1.807, 2.05) is 48.0 Å². The SMILES string of the molecule is Nc1cccc(Cn2ccc3sccc3c2=O)c1. The van der Waals surface area contributed by atoms with E-state index in [0.29, 0.717) is 6.54 Å². The summed E-state index contributed by atoms with van der Waals surface area (Å²) in [7, 11) is 0. The lowest BCUT2D eigenvalue weighted by molar-refractivity contribution is 0.769. The monoisotopic (exact) mass is 256 g/mol. The Balaban J connectivity index is 2.05. The Morgan fingerprint density at radius 3 is 2.94 bits per heavy atom. The summed E-state index contributed by atoms with van der Waals surface area (Å²) in [4.78, 5) is 12.2. The summed E-state index contributed by atoms with van der Waals surface area (Å²) >= 11 is 1.59. The van der Waals surface area contributed by atoms with Gasteiger partial charge in [-0.3, -0.25) is 4.79 Å². The van der Waals surface area contributed by atoms with Gasteiger partial charge in [-0.25, -0.2) is 0 Å². The summed E-state index contributed by atoms with van der Waals surface area (Å²) in [5.74, 6) is 0. The second-order valence-electron chi connectivity index (χ2n) is 4.19. The predicted molar refractivity (Wildman–Crippen MR) is 76.0 cm³/mol. The quantitative estimate of drug-likeness (QED) is 0.717. The Morgan fingerprint density at radius 1 is 1.22 bits per heavy atom. The number of pyridine rings is 1. The van der Waals surface area contributed by atoms with Gasteiger partial charge in [0.2, 0.25) is 0 Å². The topological polar surface area (TPSA) is 48.0 Å². The van der Waals surface area contributed by atoms with Crippen LogP contribution < -0.4 is 11.3 Å². The molecule has 0 aliphatic rings. The molecular formula is C14H12N2OS. The van der Waals surface area contributed by atoms with Crippen molar-refractivity contribution >= 4 is 27.1 Å². The van der Waals surface area contributed by atoms with E-state index in [0.717, 1.165) is 21.3 Å². The van der Waals surface area contributed by atoms with E-state index in [-0.39, 0.29) is 5.56 Å². The summed E-state index contributed by atoms with van der Waals surface area (Å²) in [6.45, 7) is 0.551. The van der Waals surface area contributed by atoms with Crippen LogP contribution in [0.1, 0.15) is 5.56 Å². The number of nitrogens with zero attached hydrogens (tertiary/aromatic N) is 1. The molecule has 0 atom stereocenters. The fourth-order valence-corrected chi connectivity index (χ4v) is 2.79. The van der Waals surface area contributed by atoms with Crippen LogP contribution in [0.5, 0.6) is 0 Å². The minimum atomic E-state index is 0.0520. The van der Waals surface area contributed by atoms with Gasteiger partial charge >= 0.3 is 0 Å². The molecule has 18 heavy (non-hydrogen) atoms. The number of hydrogen-bond acceptors (Lipinski definition) is 3. The maximum Gasteiger partial charge on any atom is 0.259 e. The molecule has 0 radical (unpaired) electrons. The average molecular weight is 256 g/mol. The highest BCUT2D eigenvalue weighted by molar-refractivity contribution is 7.17. The van der Waals surface area contributed by atoms with Crippen molar-refractivity contribution in [3.05, 3.63) is 63.9 Å². The molecule has 3 nitrogen and oxygen atoms in total. The van der Waals surface area contributed by atoms with Crippen LogP contribution >= 0.6 is 11.3 Å². The zero-order valence-electron chi connectivity index (χ0n) is 9.67. The Labute approximate surface area is 108 Å². The average Bonchev–Trinajstić information content (AvgIpc) is 2.82. The van der Waals surface area contributed by atoms with E-state index in [1.165, 1.54) is 0 Å². The molecule has 0 aliphatic heterocycles. The van der Waals surface area contributed by atoms with Crippen molar-refractivity contribution in [2.24, 2.45) is 0 Å². The van der Waals surface area contributed by atoms with Crippen LogP contribution in [-0.2, 0) is 6.54 Å². The van der Waals surface area contributed by atoms with Gasteiger partial charge in [0.05, 0.1) is 11.9 Å². The maximum atomic E-state index is 12.2. The summed E-state index contributed by atoms with van der Waals surface area (Å²) < 4.78 is 2.74. The van der Waals surface area contributed by atoms with Crippen LogP contribution in [0.3, 0.4) is 0 Å². The molecular weight excluding hydrogens is 244 g/mol. The molecule has 0 spiro atoms. The second-order valence-corrected chi connectivity index (χ2v) is 5.14. The zero-order valence-corrected chi connectivity index (χ0v) is 10.5. The first-order chi connectivity index (χ1) is 8.74. The zero-order chi connectivity index (χ0) is 12.5. The second kappa shape index (κ2) is 4.31. The van der Waals surface area contributed by atoms with Crippen molar-refractivity contribution in [1.82, 2.24) is 4.57 Å². The molecule has 4 heteroatoms. The number of nitrogens with two attached hydrogens (primary N) is 1. The molecule has 0 unspecified atom stereocenters. The van der Waals surface area contributed by atoms with Crippen molar-refractivity contribution < 1.29 is 0 Å². The lowest BCUT2D eigenvalue weighted by atomic mass is 10.2. The molecule has 2 N–H and O–H groups in total. The maximum absolute atomic E-state index is 12.2. The van der Waals surface area contributed by atoms with Gasteiger partial charge in [-0.15, -0.1) is 11.3 Å². The first-order valence-electron chi connectivity index (χ1n) is 5.65. The van der Waals surface area contributed by atoms with Gasteiger partial charge in [-0.1, -0.05) is 12.1 Å². The number of benzene rings is 1. The van der Waals surface area contributed by atoms with Crippen LogP contribution in [0.15, 0.2) is 52.8 Å². The van der Waals surface area contributed by atoms with Crippen molar-refractivity contribution in [3.63, 3.8) is 0 Å². The van der Waals surface area contributed by atoms with Crippen molar-refractivity contribution in [2.75, 3.05) is 5.73 Å². The lowest BCUT2D eigenvalue weighted by Crippen LogP contribution is -2.19. The summed E-state index contributed by atoms with van der Waals surface area (Å²) in [5.41, 5.74) is 7.54. The summed E-state index contributed by atoms with van der Waals surface area (Å²) in [6.07, 6.45) is 1.84. The van der Waals surface area contributed by atoms with E-state index in [2.05, 4.69) is 0 Å². The van der Waals surface area contributed by atoms with Gasteiger partial charge in [0.1, 0.15) is 0 Å². The van der Waals surface area contributed by atoms with Crippen molar-refractivity contribution in [2.45, 2.75) is 6.54 Å². The molecule has 0 saturated carbocycles. The smallest absolute Gasteiger partial charge is 0.259 e. The Hall–Kier alpha value is -2.07. The van der Waals surface area contributed by atoms with Gasteiger partial charge in [0, 0.05) is 16.6 Å². The van der Waals surface area contributed by atoms with E-state index in [4.69, 9.17) is 5.73 Å². The summed E-state index contributed by atoms with van der Waals surface area (Å²) in [5, 5.41) is 2.73. The highest BCUT2D eigenvalue weighted by Gasteiger charge is 2.04. The number of thiophene rings is 1. The molecule has 0 bridgehead atoms. The molecule has 2 aromatic heterocycles. The normalized spacial score (nSPS) is 10.9. The van der Waals surface area contributed by atoms with Crippen molar-refractivity contribution in [3.8, 4) is 0 Å². The number of fused-ring (bicyclic) bond motifs is 1. The third-order valence-corrected chi connectivity index (χ3v) is 3.78. The largest absolute Gasteiger partial charge is 0.399 e. The molecule has 0 saturated heterocycles. The van der Waals surface area contributed by atoms with Gasteiger partial charge in [0.25, 0.3) is 5.56 Å². The number of anilines is 1. The first-order valence-corrected chi connectivity index (χ1v) is 6.53. The molecule has 1 aromatic carbocycles. The number of nitrogen functional groups attached to an aromatic ring is 1. The molecule has 2 heterocycles. The Bertz CT molecular complexity index is 758. The van der Waals surface area contributed by atoms with Crippen LogP contribution in [0, 0.1) is 0 Å². The summed E-state index contributed by atoms with van der Waals surface area (Å²) in [6, 6.07) is 11.5.